The fraction of sp³-hybridized carbons (Fsp3) is 0.455. The third-order valence-corrected chi connectivity index (χ3v) is 5.00. The van der Waals surface area contributed by atoms with Crippen LogP contribution in [0.4, 0.5) is 0 Å². The molecule has 2 rings (SSSR count). The van der Waals surface area contributed by atoms with Crippen LogP contribution in [0.2, 0.25) is 0 Å². The van der Waals surface area contributed by atoms with Gasteiger partial charge in [0.1, 0.15) is 0 Å². The lowest BCUT2D eigenvalue weighted by Gasteiger charge is -2.37. The third kappa shape index (κ3) is 3.80. The molecule has 2 aromatic rings. The molecule has 0 saturated heterocycles. The van der Waals surface area contributed by atoms with E-state index in [4.69, 9.17) is 0 Å². The minimum atomic E-state index is 0.148. The molecule has 0 aliphatic carbocycles. The molecule has 0 spiro atoms. The van der Waals surface area contributed by atoms with E-state index in [1.165, 1.54) is 36.8 Å². The maximum absolute atomic E-state index is 2.42. The minimum Gasteiger partial charge on any atom is -0.0654 e. The molecular formula is C22H30. The Labute approximate surface area is 136 Å². The second-order valence-corrected chi connectivity index (χ2v) is 6.62. The van der Waals surface area contributed by atoms with Crippen molar-refractivity contribution in [1.29, 1.82) is 0 Å². The Morgan fingerprint density at radius 2 is 1.32 bits per heavy atom. The maximum atomic E-state index is 2.42. The number of benzene rings is 2. The Morgan fingerprint density at radius 1 is 0.818 bits per heavy atom. The summed E-state index contributed by atoms with van der Waals surface area (Å²) in [7, 11) is 0. The molecule has 0 aromatic heterocycles. The summed E-state index contributed by atoms with van der Waals surface area (Å²) >= 11 is 0. The normalized spacial score (nSPS) is 13.0. The molecule has 0 heteroatoms. The zero-order valence-corrected chi connectivity index (χ0v) is 14.4. The van der Waals surface area contributed by atoms with Crippen LogP contribution in [-0.2, 0) is 5.41 Å². The number of unbranched alkanes of at least 4 members (excludes halogenated alkanes) is 1. The largest absolute Gasteiger partial charge is 0.0654 e. The molecule has 0 radical (unpaired) electrons. The summed E-state index contributed by atoms with van der Waals surface area (Å²) in [5, 5.41) is 0. The minimum absolute atomic E-state index is 0.148. The quantitative estimate of drug-likeness (QED) is 0.514. The van der Waals surface area contributed by atoms with Crippen LogP contribution in [0.3, 0.4) is 0 Å². The average Bonchev–Trinajstić information content (AvgIpc) is 2.59. The van der Waals surface area contributed by atoms with Crippen LogP contribution in [0, 0.1) is 5.92 Å². The zero-order valence-electron chi connectivity index (χ0n) is 14.4. The third-order valence-electron chi connectivity index (χ3n) is 5.00. The molecule has 1 unspecified atom stereocenters. The van der Waals surface area contributed by atoms with E-state index in [0.717, 1.165) is 12.3 Å². The van der Waals surface area contributed by atoms with E-state index in [-0.39, 0.29) is 5.41 Å². The number of rotatable bonds is 8. The maximum Gasteiger partial charge on any atom is 0.0202 e. The summed E-state index contributed by atoms with van der Waals surface area (Å²) in [6, 6.07) is 22.2. The molecule has 118 valence electrons. The first-order valence-electron chi connectivity index (χ1n) is 8.84. The molecular weight excluding hydrogens is 264 g/mol. The van der Waals surface area contributed by atoms with Crippen molar-refractivity contribution in [3.05, 3.63) is 71.8 Å². The second kappa shape index (κ2) is 8.17. The van der Waals surface area contributed by atoms with Gasteiger partial charge in [-0.15, -0.1) is 0 Å². The summed E-state index contributed by atoms with van der Waals surface area (Å²) in [4.78, 5) is 0. The number of hydrogen-bond donors (Lipinski definition) is 0. The van der Waals surface area contributed by atoms with E-state index in [0.29, 0.717) is 0 Å². The monoisotopic (exact) mass is 294 g/mol. The molecule has 22 heavy (non-hydrogen) atoms. The summed E-state index contributed by atoms with van der Waals surface area (Å²) in [6.07, 6.45) is 6.34. The topological polar surface area (TPSA) is 0 Å². The van der Waals surface area contributed by atoms with Gasteiger partial charge in [-0.2, -0.15) is 0 Å². The highest BCUT2D eigenvalue weighted by Crippen LogP contribution is 2.41. The van der Waals surface area contributed by atoms with E-state index in [1.807, 2.05) is 0 Å². The van der Waals surface area contributed by atoms with Crippen molar-refractivity contribution in [3.63, 3.8) is 0 Å². The Kier molecular flexibility index (Phi) is 6.24. The fourth-order valence-electron chi connectivity index (χ4n) is 3.72. The Balaban J connectivity index is 2.39. The van der Waals surface area contributed by atoms with E-state index in [9.17, 15) is 0 Å². The van der Waals surface area contributed by atoms with Crippen LogP contribution in [0.25, 0.3) is 0 Å². The lowest BCUT2D eigenvalue weighted by Crippen LogP contribution is -2.29. The molecule has 0 aliphatic rings. The standard InChI is InChI=1S/C22H30/c1-4-6-13-19(3)18-22(5-2,20-14-9-7-10-15-20)21-16-11-8-12-17-21/h7-12,14-17,19H,4-6,13,18H2,1-3H3. The molecule has 1 atom stereocenters. The van der Waals surface area contributed by atoms with Gasteiger partial charge >= 0.3 is 0 Å². The van der Waals surface area contributed by atoms with Crippen molar-refractivity contribution in [1.82, 2.24) is 0 Å². The first-order chi connectivity index (χ1) is 10.7. The predicted molar refractivity (Wildman–Crippen MR) is 97.3 cm³/mol. The van der Waals surface area contributed by atoms with Crippen LogP contribution in [0.15, 0.2) is 60.7 Å². The van der Waals surface area contributed by atoms with Gasteiger partial charge in [-0.3, -0.25) is 0 Å². The highest BCUT2D eigenvalue weighted by molar-refractivity contribution is 5.39. The van der Waals surface area contributed by atoms with Gasteiger partial charge in [0.05, 0.1) is 0 Å². The summed E-state index contributed by atoms with van der Waals surface area (Å²) in [5.41, 5.74) is 3.08. The van der Waals surface area contributed by atoms with Gasteiger partial charge in [0, 0.05) is 5.41 Å². The van der Waals surface area contributed by atoms with Gasteiger partial charge in [0.2, 0.25) is 0 Å². The molecule has 0 amide bonds. The van der Waals surface area contributed by atoms with Gasteiger partial charge in [-0.05, 0) is 29.9 Å². The summed E-state index contributed by atoms with van der Waals surface area (Å²) in [6.45, 7) is 7.05. The average molecular weight is 294 g/mol. The van der Waals surface area contributed by atoms with Crippen LogP contribution in [0.5, 0.6) is 0 Å². The van der Waals surface area contributed by atoms with Crippen LogP contribution >= 0.6 is 0 Å². The molecule has 0 aliphatic heterocycles. The van der Waals surface area contributed by atoms with Crippen molar-refractivity contribution in [3.8, 4) is 0 Å². The first-order valence-corrected chi connectivity index (χ1v) is 8.84. The van der Waals surface area contributed by atoms with E-state index in [1.54, 1.807) is 0 Å². The van der Waals surface area contributed by atoms with Crippen LogP contribution in [0.1, 0.15) is 64.0 Å². The van der Waals surface area contributed by atoms with Gasteiger partial charge in [-0.25, -0.2) is 0 Å². The Bertz CT molecular complexity index is 487. The van der Waals surface area contributed by atoms with Crippen molar-refractivity contribution in [2.24, 2.45) is 5.92 Å². The Hall–Kier alpha value is -1.56. The van der Waals surface area contributed by atoms with Gasteiger partial charge in [0.25, 0.3) is 0 Å². The van der Waals surface area contributed by atoms with Crippen molar-refractivity contribution >= 4 is 0 Å². The van der Waals surface area contributed by atoms with E-state index in [2.05, 4.69) is 81.4 Å². The summed E-state index contributed by atoms with van der Waals surface area (Å²) < 4.78 is 0. The predicted octanol–water partition coefficient (Wildman–Crippen LogP) is 6.60. The van der Waals surface area contributed by atoms with Crippen LogP contribution < -0.4 is 0 Å². The lowest BCUT2D eigenvalue weighted by molar-refractivity contribution is 0.347. The zero-order chi connectivity index (χ0) is 15.8. The van der Waals surface area contributed by atoms with Gasteiger partial charge < -0.3 is 0 Å². The molecule has 0 saturated carbocycles. The second-order valence-electron chi connectivity index (χ2n) is 6.62. The van der Waals surface area contributed by atoms with Crippen molar-refractivity contribution in [2.45, 2.75) is 58.3 Å². The van der Waals surface area contributed by atoms with Gasteiger partial charge in [-0.1, -0.05) is 101 Å². The summed E-state index contributed by atoms with van der Waals surface area (Å²) in [5.74, 6) is 0.750. The number of hydrogen-bond acceptors (Lipinski definition) is 0. The molecule has 0 nitrogen and oxygen atoms in total. The highest BCUT2D eigenvalue weighted by Gasteiger charge is 2.33. The van der Waals surface area contributed by atoms with E-state index >= 15 is 0 Å². The highest BCUT2D eigenvalue weighted by atomic mass is 14.4. The first kappa shape index (κ1) is 16.8. The molecule has 0 heterocycles. The molecule has 0 bridgehead atoms. The van der Waals surface area contributed by atoms with Crippen molar-refractivity contribution in [2.75, 3.05) is 0 Å². The Morgan fingerprint density at radius 3 is 1.73 bits per heavy atom. The van der Waals surface area contributed by atoms with E-state index < -0.39 is 0 Å². The lowest BCUT2D eigenvalue weighted by atomic mass is 9.67. The fourth-order valence-corrected chi connectivity index (χ4v) is 3.72. The molecule has 0 N–H and O–H groups in total. The van der Waals surface area contributed by atoms with Crippen molar-refractivity contribution < 1.29 is 0 Å². The van der Waals surface area contributed by atoms with Gasteiger partial charge in [0.15, 0.2) is 0 Å². The SMILES string of the molecule is CCCCC(C)CC(CC)(c1ccccc1)c1ccccc1. The molecule has 0 fully saturated rings. The van der Waals surface area contributed by atoms with Crippen LogP contribution in [-0.4, -0.2) is 0 Å². The smallest absolute Gasteiger partial charge is 0.0202 e. The molecule has 2 aromatic carbocycles.